The Morgan fingerprint density at radius 1 is 1.33 bits per heavy atom. The van der Waals surface area contributed by atoms with Crippen LogP contribution in [0, 0.1) is 17.7 Å². The smallest absolute Gasteiger partial charge is 0.138 e. The van der Waals surface area contributed by atoms with E-state index in [1.54, 1.807) is 6.07 Å². The Balaban J connectivity index is 1.74. The number of rotatable bonds is 2. The predicted molar refractivity (Wildman–Crippen MR) is 82.5 cm³/mol. The highest BCUT2D eigenvalue weighted by molar-refractivity contribution is 7.10. The maximum atomic E-state index is 13.6. The second-order valence-electron chi connectivity index (χ2n) is 5.10. The minimum atomic E-state index is -0.335. The van der Waals surface area contributed by atoms with Crippen molar-refractivity contribution >= 4 is 11.3 Å². The Bertz CT molecular complexity index is 698. The fourth-order valence-electron chi connectivity index (χ4n) is 2.60. The number of hydrogen-bond donors (Lipinski definition) is 1. The van der Waals surface area contributed by atoms with Gasteiger partial charge in [-0.2, -0.15) is 0 Å². The van der Waals surface area contributed by atoms with Gasteiger partial charge in [-0.05, 0) is 41.1 Å². The second-order valence-corrected chi connectivity index (χ2v) is 6.10. The van der Waals surface area contributed by atoms with Crippen LogP contribution in [-0.4, -0.2) is 23.2 Å². The third kappa shape index (κ3) is 3.33. The molecule has 0 atom stereocenters. The van der Waals surface area contributed by atoms with Gasteiger partial charge in [-0.1, -0.05) is 17.9 Å². The minimum absolute atomic E-state index is 0.253. The SMILES string of the molecule is OCC#Cc1cc(CN2CCc3sccc3C2)ccc1F. The van der Waals surface area contributed by atoms with Crippen LogP contribution in [0.3, 0.4) is 0 Å². The molecule has 1 N–H and O–H groups in total. The molecule has 2 nitrogen and oxygen atoms in total. The van der Waals surface area contributed by atoms with E-state index < -0.39 is 0 Å². The third-order valence-electron chi connectivity index (χ3n) is 3.63. The number of benzene rings is 1. The van der Waals surface area contributed by atoms with E-state index in [4.69, 9.17) is 5.11 Å². The fourth-order valence-corrected chi connectivity index (χ4v) is 3.49. The van der Waals surface area contributed by atoms with Crippen LogP contribution in [0.4, 0.5) is 4.39 Å². The van der Waals surface area contributed by atoms with Crippen molar-refractivity contribution in [2.75, 3.05) is 13.2 Å². The topological polar surface area (TPSA) is 23.5 Å². The number of aliphatic hydroxyl groups is 1. The summed E-state index contributed by atoms with van der Waals surface area (Å²) in [6.45, 7) is 2.52. The zero-order valence-corrected chi connectivity index (χ0v) is 12.4. The van der Waals surface area contributed by atoms with Gasteiger partial charge in [0, 0.05) is 24.5 Å². The van der Waals surface area contributed by atoms with E-state index in [1.165, 1.54) is 16.5 Å². The molecule has 0 amide bonds. The Kier molecular flexibility index (Phi) is 4.35. The summed E-state index contributed by atoms with van der Waals surface area (Å²) >= 11 is 1.83. The molecule has 2 aromatic rings. The normalized spacial score (nSPS) is 14.4. The van der Waals surface area contributed by atoms with Crippen molar-refractivity contribution in [3.05, 3.63) is 57.0 Å². The molecule has 1 aliphatic rings. The van der Waals surface area contributed by atoms with Crippen LogP contribution in [0.25, 0.3) is 0 Å². The van der Waals surface area contributed by atoms with Crippen molar-refractivity contribution in [1.82, 2.24) is 4.90 Å². The Labute approximate surface area is 127 Å². The van der Waals surface area contributed by atoms with Crippen LogP contribution in [0.5, 0.6) is 0 Å². The molecule has 0 radical (unpaired) electrons. The lowest BCUT2D eigenvalue weighted by atomic mass is 10.1. The highest BCUT2D eigenvalue weighted by atomic mass is 32.1. The van der Waals surface area contributed by atoms with Crippen LogP contribution < -0.4 is 0 Å². The molecular weight excluding hydrogens is 285 g/mol. The van der Waals surface area contributed by atoms with Crippen LogP contribution in [0.2, 0.25) is 0 Å². The molecule has 1 aliphatic heterocycles. The van der Waals surface area contributed by atoms with E-state index in [0.717, 1.165) is 31.6 Å². The largest absolute Gasteiger partial charge is 0.384 e. The summed E-state index contributed by atoms with van der Waals surface area (Å²) < 4.78 is 13.6. The summed E-state index contributed by atoms with van der Waals surface area (Å²) in [5.74, 6) is 4.82. The monoisotopic (exact) mass is 301 g/mol. The number of halogens is 1. The van der Waals surface area contributed by atoms with Crippen molar-refractivity contribution in [2.24, 2.45) is 0 Å². The Morgan fingerprint density at radius 3 is 3.10 bits per heavy atom. The molecule has 4 heteroatoms. The van der Waals surface area contributed by atoms with Crippen LogP contribution in [0.15, 0.2) is 29.6 Å². The summed E-state index contributed by atoms with van der Waals surface area (Å²) in [7, 11) is 0. The van der Waals surface area contributed by atoms with E-state index in [-0.39, 0.29) is 12.4 Å². The van der Waals surface area contributed by atoms with Gasteiger partial charge in [0.25, 0.3) is 0 Å². The molecule has 0 saturated heterocycles. The van der Waals surface area contributed by atoms with Gasteiger partial charge in [0.1, 0.15) is 12.4 Å². The first kappa shape index (κ1) is 14.3. The van der Waals surface area contributed by atoms with Gasteiger partial charge in [-0.15, -0.1) is 11.3 Å². The molecule has 108 valence electrons. The summed E-state index contributed by atoms with van der Waals surface area (Å²) in [5.41, 5.74) is 2.82. The predicted octanol–water partition coefficient (Wildman–Crippen LogP) is 2.79. The van der Waals surface area contributed by atoms with Crippen LogP contribution in [-0.2, 0) is 19.5 Å². The number of hydrogen-bond acceptors (Lipinski definition) is 3. The molecule has 2 heterocycles. The Hall–Kier alpha value is -1.67. The Morgan fingerprint density at radius 2 is 2.24 bits per heavy atom. The quantitative estimate of drug-likeness (QED) is 0.862. The van der Waals surface area contributed by atoms with Crippen molar-refractivity contribution in [3.8, 4) is 11.8 Å². The van der Waals surface area contributed by atoms with Gasteiger partial charge in [0.15, 0.2) is 0 Å². The second kappa shape index (κ2) is 6.40. The molecular formula is C17H16FNOS. The average Bonchev–Trinajstić information content (AvgIpc) is 2.95. The van der Waals surface area contributed by atoms with E-state index in [9.17, 15) is 4.39 Å². The molecule has 0 spiro atoms. The highest BCUT2D eigenvalue weighted by Crippen LogP contribution is 2.25. The van der Waals surface area contributed by atoms with E-state index in [2.05, 4.69) is 28.2 Å². The maximum absolute atomic E-state index is 13.6. The highest BCUT2D eigenvalue weighted by Gasteiger charge is 2.17. The maximum Gasteiger partial charge on any atom is 0.138 e. The molecule has 0 bridgehead atoms. The molecule has 1 aromatic carbocycles. The minimum Gasteiger partial charge on any atom is -0.384 e. The van der Waals surface area contributed by atoms with Gasteiger partial charge in [0.2, 0.25) is 0 Å². The zero-order chi connectivity index (χ0) is 14.7. The van der Waals surface area contributed by atoms with Crippen LogP contribution in [0.1, 0.15) is 21.6 Å². The molecule has 0 aliphatic carbocycles. The van der Waals surface area contributed by atoms with E-state index >= 15 is 0 Å². The van der Waals surface area contributed by atoms with Crippen LogP contribution >= 0.6 is 11.3 Å². The lowest BCUT2D eigenvalue weighted by Crippen LogP contribution is -2.29. The van der Waals surface area contributed by atoms with E-state index in [1.807, 2.05) is 17.4 Å². The molecule has 0 fully saturated rings. The molecule has 3 rings (SSSR count). The first-order valence-electron chi connectivity index (χ1n) is 6.92. The van der Waals surface area contributed by atoms with Gasteiger partial charge >= 0.3 is 0 Å². The summed E-state index contributed by atoms with van der Waals surface area (Å²) in [5, 5.41) is 10.9. The summed E-state index contributed by atoms with van der Waals surface area (Å²) in [4.78, 5) is 3.85. The first-order chi connectivity index (χ1) is 10.3. The van der Waals surface area contributed by atoms with Crippen molar-refractivity contribution in [3.63, 3.8) is 0 Å². The van der Waals surface area contributed by atoms with Crippen molar-refractivity contribution in [2.45, 2.75) is 19.5 Å². The van der Waals surface area contributed by atoms with Crippen molar-refractivity contribution in [1.29, 1.82) is 0 Å². The van der Waals surface area contributed by atoms with Gasteiger partial charge in [-0.3, -0.25) is 4.90 Å². The number of fused-ring (bicyclic) bond motifs is 1. The number of aliphatic hydroxyl groups excluding tert-OH is 1. The lowest BCUT2D eigenvalue weighted by Gasteiger charge is -2.26. The number of nitrogens with zero attached hydrogens (tertiary/aromatic N) is 1. The average molecular weight is 301 g/mol. The lowest BCUT2D eigenvalue weighted by molar-refractivity contribution is 0.247. The number of thiophene rings is 1. The van der Waals surface area contributed by atoms with Gasteiger partial charge < -0.3 is 5.11 Å². The first-order valence-corrected chi connectivity index (χ1v) is 7.80. The zero-order valence-electron chi connectivity index (χ0n) is 11.6. The third-order valence-corrected chi connectivity index (χ3v) is 4.65. The van der Waals surface area contributed by atoms with E-state index in [0.29, 0.717) is 5.56 Å². The van der Waals surface area contributed by atoms with Gasteiger partial charge in [-0.25, -0.2) is 4.39 Å². The molecule has 21 heavy (non-hydrogen) atoms. The van der Waals surface area contributed by atoms with Gasteiger partial charge in [0.05, 0.1) is 5.56 Å². The molecule has 0 unspecified atom stereocenters. The van der Waals surface area contributed by atoms with Crippen molar-refractivity contribution < 1.29 is 9.50 Å². The standard InChI is InChI=1S/C17H16FNOS/c18-16-4-3-13(10-14(16)2-1-8-20)11-19-7-5-17-15(12-19)6-9-21-17/h3-4,6,9-10,20H,5,7-8,11-12H2. The molecule has 1 aromatic heterocycles. The molecule has 0 saturated carbocycles. The summed E-state index contributed by atoms with van der Waals surface area (Å²) in [6.07, 6.45) is 1.09. The fraction of sp³-hybridized carbons (Fsp3) is 0.294. The summed E-state index contributed by atoms with van der Waals surface area (Å²) in [6, 6.07) is 7.23.